The molecule has 10 heteroatoms. The van der Waals surface area contributed by atoms with Gasteiger partial charge >= 0.3 is 0 Å². The zero-order valence-corrected chi connectivity index (χ0v) is 16.4. The molecule has 3 aromatic rings. The molecule has 0 fully saturated rings. The second kappa shape index (κ2) is 6.24. The second-order valence-corrected chi connectivity index (χ2v) is 10.8. The van der Waals surface area contributed by atoms with Gasteiger partial charge in [-0.1, -0.05) is 17.7 Å². The number of thiazole rings is 1. The van der Waals surface area contributed by atoms with E-state index in [0.717, 1.165) is 23.2 Å². The summed E-state index contributed by atoms with van der Waals surface area (Å²) < 4.78 is 51.2. The highest BCUT2D eigenvalue weighted by Gasteiger charge is 2.17. The molecule has 0 spiro atoms. The van der Waals surface area contributed by atoms with E-state index in [2.05, 4.69) is 9.71 Å². The van der Waals surface area contributed by atoms with Crippen LogP contribution < -0.4 is 4.72 Å². The number of fused-ring (bicyclic) bond motifs is 1. The van der Waals surface area contributed by atoms with Crippen molar-refractivity contribution in [3.63, 3.8) is 0 Å². The number of hydrogen-bond acceptors (Lipinski definition) is 6. The van der Waals surface area contributed by atoms with Crippen molar-refractivity contribution in [3.05, 3.63) is 47.0 Å². The summed E-state index contributed by atoms with van der Waals surface area (Å²) in [4.78, 5) is 4.08. The van der Waals surface area contributed by atoms with Gasteiger partial charge in [-0.15, -0.1) is 11.3 Å². The summed E-state index contributed by atoms with van der Waals surface area (Å²) in [5, 5.41) is 0.360. The molecule has 0 bridgehead atoms. The summed E-state index contributed by atoms with van der Waals surface area (Å²) >= 11 is 6.98. The number of rotatable bonds is 4. The van der Waals surface area contributed by atoms with Crippen LogP contribution in [0.2, 0.25) is 5.02 Å². The molecule has 6 nitrogen and oxygen atoms in total. The van der Waals surface area contributed by atoms with Crippen LogP contribution in [0.5, 0.6) is 0 Å². The first-order chi connectivity index (χ1) is 11.6. The van der Waals surface area contributed by atoms with Gasteiger partial charge in [0, 0.05) is 11.3 Å². The highest BCUT2D eigenvalue weighted by Crippen LogP contribution is 2.29. The molecule has 1 aromatic heterocycles. The number of sulfone groups is 1. The third-order valence-electron chi connectivity index (χ3n) is 3.39. The van der Waals surface area contributed by atoms with Gasteiger partial charge in [-0.2, -0.15) is 0 Å². The summed E-state index contributed by atoms with van der Waals surface area (Å²) in [6.07, 6.45) is 1.08. The quantitative estimate of drug-likeness (QED) is 0.702. The lowest BCUT2D eigenvalue weighted by atomic mass is 10.2. The lowest BCUT2D eigenvalue weighted by Gasteiger charge is -2.09. The Morgan fingerprint density at radius 3 is 2.44 bits per heavy atom. The third kappa shape index (κ3) is 3.79. The molecule has 1 N–H and O–H groups in total. The van der Waals surface area contributed by atoms with Crippen molar-refractivity contribution in [2.24, 2.45) is 0 Å². The van der Waals surface area contributed by atoms with Crippen molar-refractivity contribution in [1.82, 2.24) is 4.98 Å². The molecule has 1 heterocycles. The molecule has 0 unspecified atom stereocenters. The minimum absolute atomic E-state index is 0.00664. The van der Waals surface area contributed by atoms with E-state index in [0.29, 0.717) is 20.9 Å². The fraction of sp³-hybridized carbons (Fsp3) is 0.133. The Kier molecular flexibility index (Phi) is 4.52. The number of benzene rings is 2. The summed E-state index contributed by atoms with van der Waals surface area (Å²) in [5.74, 6) is 0. The Bertz CT molecular complexity index is 1180. The maximum absolute atomic E-state index is 12.5. The van der Waals surface area contributed by atoms with E-state index in [1.807, 2.05) is 0 Å². The van der Waals surface area contributed by atoms with Gasteiger partial charge in [-0.05, 0) is 42.8 Å². The van der Waals surface area contributed by atoms with Crippen LogP contribution in [0.15, 0.2) is 45.6 Å². The molecule has 0 aliphatic carbocycles. The highest BCUT2D eigenvalue weighted by molar-refractivity contribution is 7.93. The molecular formula is C15H13ClN2O4S3. The predicted octanol–water partition coefficient (Wildman–Crippen LogP) is 3.46. The van der Waals surface area contributed by atoms with E-state index < -0.39 is 19.9 Å². The van der Waals surface area contributed by atoms with E-state index in [4.69, 9.17) is 11.6 Å². The molecule has 0 aliphatic heterocycles. The number of hydrogen-bond donors (Lipinski definition) is 1. The first kappa shape index (κ1) is 18.1. The van der Waals surface area contributed by atoms with E-state index in [1.165, 1.54) is 18.2 Å². The van der Waals surface area contributed by atoms with Crippen molar-refractivity contribution in [2.45, 2.75) is 16.2 Å². The van der Waals surface area contributed by atoms with Crippen LogP contribution >= 0.6 is 22.9 Å². The van der Waals surface area contributed by atoms with Crippen molar-refractivity contribution < 1.29 is 16.8 Å². The number of aromatic nitrogens is 1. The van der Waals surface area contributed by atoms with E-state index >= 15 is 0 Å². The minimum Gasteiger partial charge on any atom is -0.280 e. The Labute approximate surface area is 154 Å². The summed E-state index contributed by atoms with van der Waals surface area (Å²) in [6, 6.07) is 9.13. The normalized spacial score (nSPS) is 12.4. The lowest BCUT2D eigenvalue weighted by Crippen LogP contribution is -2.12. The van der Waals surface area contributed by atoms with Crippen LogP contribution in [0.25, 0.3) is 10.2 Å². The van der Waals surface area contributed by atoms with Crippen molar-refractivity contribution in [2.75, 3.05) is 11.0 Å². The fourth-order valence-corrected chi connectivity index (χ4v) is 5.28. The number of nitrogens with one attached hydrogen (secondary N) is 1. The number of nitrogens with zero attached hydrogens (tertiary/aromatic N) is 1. The SMILES string of the molecule is Cc1ccc(S(=O)(=O)Nc2ccc3nc(S(C)(=O)=O)sc3c2)cc1Cl. The van der Waals surface area contributed by atoms with Crippen LogP contribution in [0.4, 0.5) is 5.69 Å². The smallest absolute Gasteiger partial charge is 0.261 e. The number of aryl methyl sites for hydroxylation is 1. The maximum atomic E-state index is 12.5. The van der Waals surface area contributed by atoms with Gasteiger partial charge < -0.3 is 0 Å². The molecule has 2 aromatic carbocycles. The van der Waals surface area contributed by atoms with Gasteiger partial charge in [-0.3, -0.25) is 4.72 Å². The van der Waals surface area contributed by atoms with Crippen molar-refractivity contribution in [3.8, 4) is 0 Å². The molecule has 0 aliphatic rings. The Balaban J connectivity index is 1.97. The first-order valence-electron chi connectivity index (χ1n) is 6.96. The third-order valence-corrected chi connectivity index (χ3v) is 7.87. The van der Waals surface area contributed by atoms with Crippen LogP contribution in [0, 0.1) is 6.92 Å². The van der Waals surface area contributed by atoms with Crippen LogP contribution in [0.3, 0.4) is 0 Å². The summed E-state index contributed by atoms with van der Waals surface area (Å²) in [6.45, 7) is 1.78. The Morgan fingerprint density at radius 1 is 1.08 bits per heavy atom. The molecular weight excluding hydrogens is 404 g/mol. The van der Waals surface area contributed by atoms with Crippen LogP contribution in [-0.2, 0) is 19.9 Å². The molecule has 0 amide bonds. The summed E-state index contributed by atoms with van der Waals surface area (Å²) in [7, 11) is -7.22. The monoisotopic (exact) mass is 416 g/mol. The van der Waals surface area contributed by atoms with Gasteiger partial charge in [-0.25, -0.2) is 21.8 Å². The molecule has 25 heavy (non-hydrogen) atoms. The zero-order chi connectivity index (χ0) is 18.4. The average molecular weight is 417 g/mol. The molecule has 0 saturated carbocycles. The van der Waals surface area contributed by atoms with Gasteiger partial charge in [0.1, 0.15) is 0 Å². The summed E-state index contributed by atoms with van der Waals surface area (Å²) in [5.41, 5.74) is 1.58. The Morgan fingerprint density at radius 2 is 1.80 bits per heavy atom. The number of halogens is 1. The minimum atomic E-state index is -3.81. The molecule has 132 valence electrons. The lowest BCUT2D eigenvalue weighted by molar-refractivity contribution is 0.599. The topological polar surface area (TPSA) is 93.2 Å². The van der Waals surface area contributed by atoms with Crippen molar-refractivity contribution in [1.29, 1.82) is 0 Å². The van der Waals surface area contributed by atoms with Gasteiger partial charge in [0.05, 0.1) is 20.8 Å². The maximum Gasteiger partial charge on any atom is 0.261 e. The molecule has 3 rings (SSSR count). The van der Waals surface area contributed by atoms with Crippen LogP contribution in [0.1, 0.15) is 5.56 Å². The van der Waals surface area contributed by atoms with Gasteiger partial charge in [0.25, 0.3) is 10.0 Å². The van der Waals surface area contributed by atoms with E-state index in [9.17, 15) is 16.8 Å². The standard InChI is InChI=1S/C15H13ClN2O4S3/c1-9-3-5-11(8-12(9)16)25(21,22)18-10-4-6-13-14(7-10)23-15(17-13)24(2,19)20/h3-8,18H,1-2H3. The van der Waals surface area contributed by atoms with Crippen LogP contribution in [-0.4, -0.2) is 28.1 Å². The first-order valence-corrected chi connectivity index (χ1v) is 11.5. The largest absolute Gasteiger partial charge is 0.280 e. The predicted molar refractivity (Wildman–Crippen MR) is 99.7 cm³/mol. The fourth-order valence-electron chi connectivity index (χ4n) is 2.08. The van der Waals surface area contributed by atoms with E-state index in [1.54, 1.807) is 25.1 Å². The second-order valence-electron chi connectivity index (χ2n) is 5.45. The molecule has 0 atom stereocenters. The Hall–Kier alpha value is -1.68. The average Bonchev–Trinajstić information content (AvgIpc) is 2.93. The van der Waals surface area contributed by atoms with Crippen molar-refractivity contribution >= 4 is 58.7 Å². The highest BCUT2D eigenvalue weighted by atomic mass is 35.5. The van der Waals surface area contributed by atoms with E-state index in [-0.39, 0.29) is 9.24 Å². The molecule has 0 saturated heterocycles. The molecule has 0 radical (unpaired) electrons. The van der Waals surface area contributed by atoms with Gasteiger partial charge in [0.15, 0.2) is 0 Å². The number of sulfonamides is 1. The number of anilines is 1. The zero-order valence-electron chi connectivity index (χ0n) is 13.1. The van der Waals surface area contributed by atoms with Gasteiger partial charge in [0.2, 0.25) is 14.2 Å².